The fourth-order valence-electron chi connectivity index (χ4n) is 1.22. The van der Waals surface area contributed by atoms with Crippen molar-refractivity contribution in [2.45, 2.75) is 31.8 Å². The third kappa shape index (κ3) is 2.07. The summed E-state index contributed by atoms with van der Waals surface area (Å²) in [5.74, 6) is 2.47. The highest BCUT2D eigenvalue weighted by molar-refractivity contribution is 4.84. The van der Waals surface area contributed by atoms with E-state index in [4.69, 9.17) is 11.2 Å². The second-order valence-electron chi connectivity index (χ2n) is 2.42. The van der Waals surface area contributed by atoms with Gasteiger partial charge in [0.25, 0.3) is 0 Å². The van der Waals surface area contributed by atoms with E-state index in [0.29, 0.717) is 12.7 Å². The zero-order valence-corrected chi connectivity index (χ0v) is 5.60. The molecule has 1 aliphatic rings. The number of hydrogen-bond acceptors (Lipinski definition) is 1. The Morgan fingerprint density at radius 3 is 2.67 bits per heavy atom. The summed E-state index contributed by atoms with van der Waals surface area (Å²) in [4.78, 5) is 0. The smallest absolute Gasteiger partial charge is 0.107 e. The van der Waals surface area contributed by atoms with Gasteiger partial charge in [-0.05, 0) is 12.8 Å². The van der Waals surface area contributed by atoms with E-state index in [0.717, 1.165) is 0 Å². The van der Waals surface area contributed by atoms with Crippen LogP contribution in [0.3, 0.4) is 0 Å². The highest BCUT2D eigenvalue weighted by Gasteiger charge is 2.13. The molecule has 0 N–H and O–H groups in total. The maximum absolute atomic E-state index is 5.32. The lowest BCUT2D eigenvalue weighted by molar-refractivity contribution is 0.0838. The van der Waals surface area contributed by atoms with E-state index in [-0.39, 0.29) is 0 Å². The molecule has 0 aromatic heterocycles. The van der Waals surface area contributed by atoms with Crippen molar-refractivity contribution >= 4 is 0 Å². The van der Waals surface area contributed by atoms with Crippen LogP contribution >= 0.6 is 0 Å². The molecule has 1 rings (SSSR count). The first-order chi connectivity index (χ1) is 4.43. The molecule has 1 saturated carbocycles. The van der Waals surface area contributed by atoms with Crippen molar-refractivity contribution in [2.75, 3.05) is 6.61 Å². The molecule has 0 amide bonds. The van der Waals surface area contributed by atoms with Crippen LogP contribution in [-0.4, -0.2) is 12.7 Å². The van der Waals surface area contributed by atoms with Crippen molar-refractivity contribution in [3.8, 4) is 12.3 Å². The minimum atomic E-state index is 0.473. The highest BCUT2D eigenvalue weighted by atomic mass is 16.5. The van der Waals surface area contributed by atoms with Crippen molar-refractivity contribution in [2.24, 2.45) is 0 Å². The van der Waals surface area contributed by atoms with Gasteiger partial charge in [0, 0.05) is 0 Å². The normalized spacial score (nSPS) is 19.9. The monoisotopic (exact) mass is 124 g/mol. The molecular formula is C8H12O. The third-order valence-corrected chi connectivity index (χ3v) is 1.70. The van der Waals surface area contributed by atoms with Gasteiger partial charge in [-0.2, -0.15) is 0 Å². The quantitative estimate of drug-likeness (QED) is 0.508. The van der Waals surface area contributed by atoms with Crippen LogP contribution in [0.2, 0.25) is 0 Å². The first-order valence-corrected chi connectivity index (χ1v) is 3.48. The standard InChI is InChI=1S/C8H12O/c1-2-7-9-8-5-3-4-6-8/h1,8H,3-7H2. The van der Waals surface area contributed by atoms with E-state index in [1.807, 2.05) is 0 Å². The van der Waals surface area contributed by atoms with Gasteiger partial charge in [-0.25, -0.2) is 0 Å². The van der Waals surface area contributed by atoms with Crippen LogP contribution in [0.25, 0.3) is 0 Å². The van der Waals surface area contributed by atoms with E-state index >= 15 is 0 Å². The molecule has 0 atom stereocenters. The second-order valence-corrected chi connectivity index (χ2v) is 2.42. The molecule has 0 radical (unpaired) electrons. The Morgan fingerprint density at radius 2 is 2.11 bits per heavy atom. The molecule has 9 heavy (non-hydrogen) atoms. The largest absolute Gasteiger partial charge is 0.366 e. The molecule has 0 bridgehead atoms. The summed E-state index contributed by atoms with van der Waals surface area (Å²) in [6, 6.07) is 0. The van der Waals surface area contributed by atoms with E-state index in [9.17, 15) is 0 Å². The summed E-state index contributed by atoms with van der Waals surface area (Å²) in [7, 11) is 0. The topological polar surface area (TPSA) is 9.23 Å². The Labute approximate surface area is 56.4 Å². The van der Waals surface area contributed by atoms with Gasteiger partial charge in [0.1, 0.15) is 6.61 Å². The van der Waals surface area contributed by atoms with Gasteiger partial charge in [0.05, 0.1) is 6.10 Å². The van der Waals surface area contributed by atoms with Crippen LogP contribution < -0.4 is 0 Å². The summed E-state index contributed by atoms with van der Waals surface area (Å²) in [5.41, 5.74) is 0. The lowest BCUT2D eigenvalue weighted by Crippen LogP contribution is -2.06. The van der Waals surface area contributed by atoms with Crippen LogP contribution in [0.1, 0.15) is 25.7 Å². The van der Waals surface area contributed by atoms with E-state index in [2.05, 4.69) is 5.92 Å². The molecule has 0 heterocycles. The SMILES string of the molecule is C#CCOC1CCCC1. The van der Waals surface area contributed by atoms with E-state index < -0.39 is 0 Å². The predicted molar refractivity (Wildman–Crippen MR) is 37.0 cm³/mol. The zero-order valence-electron chi connectivity index (χ0n) is 5.60. The average Bonchev–Trinajstić information content (AvgIpc) is 2.34. The molecule has 0 aromatic rings. The summed E-state index contributed by atoms with van der Waals surface area (Å²) in [6.07, 6.45) is 10.6. The van der Waals surface area contributed by atoms with Crippen LogP contribution in [0, 0.1) is 12.3 Å². The molecule has 0 aromatic carbocycles. The van der Waals surface area contributed by atoms with Gasteiger partial charge in [-0.1, -0.05) is 18.8 Å². The van der Waals surface area contributed by atoms with Gasteiger partial charge in [-0.15, -0.1) is 6.42 Å². The lowest BCUT2D eigenvalue weighted by atomic mass is 10.3. The Bertz CT molecular complexity index is 106. The fraction of sp³-hybridized carbons (Fsp3) is 0.750. The van der Waals surface area contributed by atoms with E-state index in [1.54, 1.807) is 0 Å². The minimum Gasteiger partial charge on any atom is -0.366 e. The molecule has 1 heteroatoms. The minimum absolute atomic E-state index is 0.473. The van der Waals surface area contributed by atoms with Crippen molar-refractivity contribution < 1.29 is 4.74 Å². The second kappa shape index (κ2) is 3.53. The molecule has 0 spiro atoms. The van der Waals surface area contributed by atoms with Gasteiger partial charge in [-0.3, -0.25) is 0 Å². The van der Waals surface area contributed by atoms with Crippen LogP contribution in [0.4, 0.5) is 0 Å². The van der Waals surface area contributed by atoms with Crippen molar-refractivity contribution in [1.29, 1.82) is 0 Å². The summed E-state index contributed by atoms with van der Waals surface area (Å²) >= 11 is 0. The lowest BCUT2D eigenvalue weighted by Gasteiger charge is -2.05. The number of ether oxygens (including phenoxy) is 1. The van der Waals surface area contributed by atoms with Crippen molar-refractivity contribution in [1.82, 2.24) is 0 Å². The summed E-state index contributed by atoms with van der Waals surface area (Å²) in [6.45, 7) is 0.491. The molecule has 1 fully saturated rings. The zero-order chi connectivity index (χ0) is 6.53. The Morgan fingerprint density at radius 1 is 1.44 bits per heavy atom. The van der Waals surface area contributed by atoms with Gasteiger partial charge < -0.3 is 4.74 Å². The highest BCUT2D eigenvalue weighted by Crippen LogP contribution is 2.20. The molecule has 1 nitrogen and oxygen atoms in total. The number of rotatable bonds is 2. The average molecular weight is 124 g/mol. The summed E-state index contributed by atoms with van der Waals surface area (Å²) in [5, 5.41) is 0. The van der Waals surface area contributed by atoms with Gasteiger partial charge in [0.2, 0.25) is 0 Å². The molecule has 50 valence electrons. The predicted octanol–water partition coefficient (Wildman–Crippen LogP) is 1.58. The first kappa shape index (κ1) is 6.64. The maximum atomic E-state index is 5.32. The van der Waals surface area contributed by atoms with Crippen molar-refractivity contribution in [3.05, 3.63) is 0 Å². The molecule has 0 saturated heterocycles. The van der Waals surface area contributed by atoms with Crippen LogP contribution in [0.15, 0.2) is 0 Å². The van der Waals surface area contributed by atoms with Crippen molar-refractivity contribution in [3.63, 3.8) is 0 Å². The third-order valence-electron chi connectivity index (χ3n) is 1.70. The molecule has 1 aliphatic carbocycles. The molecule has 0 unspecified atom stereocenters. The first-order valence-electron chi connectivity index (χ1n) is 3.48. The number of terminal acetylenes is 1. The Balaban J connectivity index is 2.06. The molecular weight excluding hydrogens is 112 g/mol. The molecule has 0 aliphatic heterocycles. The summed E-state index contributed by atoms with van der Waals surface area (Å²) < 4.78 is 5.32. The number of hydrogen-bond donors (Lipinski definition) is 0. The maximum Gasteiger partial charge on any atom is 0.107 e. The Hall–Kier alpha value is -0.480. The fourth-order valence-corrected chi connectivity index (χ4v) is 1.22. The van der Waals surface area contributed by atoms with Crippen LogP contribution in [0.5, 0.6) is 0 Å². The van der Waals surface area contributed by atoms with Crippen LogP contribution in [-0.2, 0) is 4.74 Å². The Kier molecular flexibility index (Phi) is 2.60. The van der Waals surface area contributed by atoms with E-state index in [1.165, 1.54) is 25.7 Å². The van der Waals surface area contributed by atoms with Gasteiger partial charge in [0.15, 0.2) is 0 Å². The van der Waals surface area contributed by atoms with Gasteiger partial charge >= 0.3 is 0 Å².